The van der Waals surface area contributed by atoms with Gasteiger partial charge in [-0.2, -0.15) is 10.2 Å². The van der Waals surface area contributed by atoms with Crippen LogP contribution in [0.3, 0.4) is 0 Å². The van der Waals surface area contributed by atoms with Gasteiger partial charge in [-0.05, 0) is 53.2 Å². The molecule has 27 heavy (non-hydrogen) atoms. The quantitative estimate of drug-likeness (QED) is 0.322. The molecular formula is C23H17N3O. The van der Waals surface area contributed by atoms with Crippen LogP contribution in [0.5, 0.6) is 5.75 Å². The second kappa shape index (κ2) is 7.62. The molecule has 4 nitrogen and oxygen atoms in total. The predicted molar refractivity (Wildman–Crippen MR) is 110 cm³/mol. The molecule has 0 aliphatic heterocycles. The third-order valence-electron chi connectivity index (χ3n) is 4.18. The van der Waals surface area contributed by atoms with Crippen molar-refractivity contribution < 1.29 is 5.11 Å². The molecule has 0 atom stereocenters. The Kier molecular flexibility index (Phi) is 4.70. The standard InChI is InChI=1S/C23H17N3O/c27-23-15-10-17-6-4-5-9-21(17)22(23)16-24-18-11-13-20(14-12-18)26-25-19-7-2-1-3-8-19/h1-16,27H. The first-order valence-electron chi connectivity index (χ1n) is 8.61. The molecule has 0 bridgehead atoms. The van der Waals surface area contributed by atoms with E-state index in [-0.39, 0.29) is 5.75 Å². The molecule has 0 unspecified atom stereocenters. The van der Waals surface area contributed by atoms with Gasteiger partial charge in [-0.15, -0.1) is 0 Å². The van der Waals surface area contributed by atoms with Crippen molar-refractivity contribution in [1.29, 1.82) is 0 Å². The zero-order valence-electron chi connectivity index (χ0n) is 14.5. The Bertz CT molecular complexity index is 1120. The fourth-order valence-corrected chi connectivity index (χ4v) is 2.77. The lowest BCUT2D eigenvalue weighted by atomic mass is 10.0. The van der Waals surface area contributed by atoms with Crippen LogP contribution in [-0.4, -0.2) is 11.3 Å². The maximum absolute atomic E-state index is 10.2. The molecule has 4 aromatic rings. The Morgan fingerprint density at radius 3 is 2.00 bits per heavy atom. The first kappa shape index (κ1) is 16.7. The van der Waals surface area contributed by atoms with Crippen molar-refractivity contribution in [2.45, 2.75) is 0 Å². The van der Waals surface area contributed by atoms with E-state index in [1.807, 2.05) is 84.9 Å². The van der Waals surface area contributed by atoms with Gasteiger partial charge in [0.25, 0.3) is 0 Å². The van der Waals surface area contributed by atoms with E-state index in [0.717, 1.165) is 27.8 Å². The number of aromatic hydroxyl groups is 1. The van der Waals surface area contributed by atoms with Crippen LogP contribution in [0, 0.1) is 0 Å². The highest BCUT2D eigenvalue weighted by molar-refractivity contribution is 6.02. The maximum atomic E-state index is 10.2. The number of azo groups is 1. The fraction of sp³-hybridized carbons (Fsp3) is 0. The minimum absolute atomic E-state index is 0.214. The van der Waals surface area contributed by atoms with Gasteiger partial charge in [0.15, 0.2) is 0 Å². The Balaban J connectivity index is 1.55. The molecule has 0 amide bonds. The highest BCUT2D eigenvalue weighted by atomic mass is 16.3. The number of fused-ring (bicyclic) bond motifs is 1. The highest BCUT2D eigenvalue weighted by Crippen LogP contribution is 2.27. The van der Waals surface area contributed by atoms with Crippen LogP contribution in [0.4, 0.5) is 17.1 Å². The number of phenols is 1. The third kappa shape index (κ3) is 3.90. The smallest absolute Gasteiger partial charge is 0.124 e. The second-order valence-electron chi connectivity index (χ2n) is 6.03. The highest BCUT2D eigenvalue weighted by Gasteiger charge is 2.04. The average molecular weight is 351 g/mol. The summed E-state index contributed by atoms with van der Waals surface area (Å²) in [4.78, 5) is 4.49. The van der Waals surface area contributed by atoms with Crippen LogP contribution in [-0.2, 0) is 0 Å². The van der Waals surface area contributed by atoms with Gasteiger partial charge in [-0.1, -0.05) is 48.5 Å². The van der Waals surface area contributed by atoms with Gasteiger partial charge in [-0.25, -0.2) is 0 Å². The van der Waals surface area contributed by atoms with Crippen LogP contribution in [0.15, 0.2) is 106 Å². The third-order valence-corrected chi connectivity index (χ3v) is 4.18. The molecule has 130 valence electrons. The molecule has 4 aromatic carbocycles. The lowest BCUT2D eigenvalue weighted by Crippen LogP contribution is -1.85. The average Bonchev–Trinajstić information content (AvgIpc) is 2.73. The number of nitrogens with zero attached hydrogens (tertiary/aromatic N) is 3. The van der Waals surface area contributed by atoms with Gasteiger partial charge >= 0.3 is 0 Å². The summed E-state index contributed by atoms with van der Waals surface area (Å²) in [5.74, 6) is 0.214. The largest absolute Gasteiger partial charge is 0.507 e. The molecule has 0 saturated carbocycles. The molecule has 0 aromatic heterocycles. The molecule has 0 saturated heterocycles. The maximum Gasteiger partial charge on any atom is 0.124 e. The van der Waals surface area contributed by atoms with Crippen molar-refractivity contribution in [3.05, 3.63) is 96.6 Å². The predicted octanol–water partition coefficient (Wildman–Crippen LogP) is 6.71. The number of phenolic OH excluding ortho intramolecular Hbond substituents is 1. The minimum atomic E-state index is 0.214. The number of aliphatic imine (C=N–C) groups is 1. The summed E-state index contributed by atoms with van der Waals surface area (Å²) >= 11 is 0. The first-order chi connectivity index (χ1) is 13.3. The van der Waals surface area contributed by atoms with Crippen molar-refractivity contribution in [2.24, 2.45) is 15.2 Å². The summed E-state index contributed by atoms with van der Waals surface area (Å²) in [5, 5.41) is 20.6. The van der Waals surface area contributed by atoms with Crippen molar-refractivity contribution in [2.75, 3.05) is 0 Å². The molecule has 0 radical (unpaired) electrons. The summed E-state index contributed by atoms with van der Waals surface area (Å²) in [6, 6.07) is 28.6. The lowest BCUT2D eigenvalue weighted by Gasteiger charge is -2.04. The molecule has 4 heteroatoms. The van der Waals surface area contributed by atoms with E-state index >= 15 is 0 Å². The molecule has 0 fully saturated rings. The molecule has 0 spiro atoms. The molecule has 0 aliphatic carbocycles. The van der Waals surface area contributed by atoms with E-state index in [4.69, 9.17) is 0 Å². The van der Waals surface area contributed by atoms with Crippen LogP contribution in [0.25, 0.3) is 10.8 Å². The Morgan fingerprint density at radius 1 is 0.593 bits per heavy atom. The van der Waals surface area contributed by atoms with E-state index in [1.54, 1.807) is 12.3 Å². The second-order valence-corrected chi connectivity index (χ2v) is 6.03. The van der Waals surface area contributed by atoms with Crippen molar-refractivity contribution >= 4 is 34.0 Å². The van der Waals surface area contributed by atoms with E-state index in [9.17, 15) is 5.11 Å². The molecule has 1 N–H and O–H groups in total. The topological polar surface area (TPSA) is 57.3 Å². The van der Waals surface area contributed by atoms with Gasteiger partial charge in [0.1, 0.15) is 5.75 Å². The van der Waals surface area contributed by atoms with Crippen LogP contribution in [0.2, 0.25) is 0 Å². The lowest BCUT2D eigenvalue weighted by molar-refractivity contribution is 0.475. The number of hydrogen-bond acceptors (Lipinski definition) is 4. The van der Waals surface area contributed by atoms with Gasteiger partial charge in [0.05, 0.1) is 17.1 Å². The Morgan fingerprint density at radius 2 is 1.22 bits per heavy atom. The van der Waals surface area contributed by atoms with E-state index < -0.39 is 0 Å². The fourth-order valence-electron chi connectivity index (χ4n) is 2.77. The number of hydrogen-bond donors (Lipinski definition) is 1. The molecule has 0 aliphatic rings. The van der Waals surface area contributed by atoms with Crippen LogP contribution >= 0.6 is 0 Å². The normalized spacial score (nSPS) is 11.6. The Labute approximate surface area is 157 Å². The van der Waals surface area contributed by atoms with Gasteiger partial charge < -0.3 is 5.11 Å². The van der Waals surface area contributed by atoms with Gasteiger partial charge in [0, 0.05) is 11.8 Å². The summed E-state index contributed by atoms with van der Waals surface area (Å²) in [5.41, 5.74) is 3.05. The van der Waals surface area contributed by atoms with Crippen LogP contribution < -0.4 is 0 Å². The van der Waals surface area contributed by atoms with Crippen molar-refractivity contribution in [3.63, 3.8) is 0 Å². The van der Waals surface area contributed by atoms with E-state index in [2.05, 4.69) is 15.2 Å². The Hall–Kier alpha value is -3.79. The first-order valence-corrected chi connectivity index (χ1v) is 8.61. The monoisotopic (exact) mass is 351 g/mol. The number of rotatable bonds is 4. The van der Waals surface area contributed by atoms with Crippen molar-refractivity contribution in [3.8, 4) is 5.75 Å². The minimum Gasteiger partial charge on any atom is -0.507 e. The van der Waals surface area contributed by atoms with E-state index in [1.165, 1.54) is 0 Å². The summed E-state index contributed by atoms with van der Waals surface area (Å²) in [6.07, 6.45) is 1.69. The summed E-state index contributed by atoms with van der Waals surface area (Å²) < 4.78 is 0. The SMILES string of the molecule is Oc1ccc2ccccc2c1C=Nc1ccc(N=Nc2ccccc2)cc1. The zero-order chi connectivity index (χ0) is 18.5. The number of benzene rings is 4. The molecular weight excluding hydrogens is 334 g/mol. The van der Waals surface area contributed by atoms with Crippen molar-refractivity contribution in [1.82, 2.24) is 0 Å². The zero-order valence-corrected chi connectivity index (χ0v) is 14.5. The summed E-state index contributed by atoms with van der Waals surface area (Å²) in [7, 11) is 0. The van der Waals surface area contributed by atoms with Gasteiger partial charge in [-0.3, -0.25) is 4.99 Å². The molecule has 4 rings (SSSR count). The summed E-state index contributed by atoms with van der Waals surface area (Å²) in [6.45, 7) is 0. The van der Waals surface area contributed by atoms with Crippen LogP contribution in [0.1, 0.15) is 5.56 Å². The van der Waals surface area contributed by atoms with E-state index in [0.29, 0.717) is 5.56 Å². The van der Waals surface area contributed by atoms with Gasteiger partial charge in [0.2, 0.25) is 0 Å². The molecule has 0 heterocycles.